The third-order valence-corrected chi connectivity index (χ3v) is 5.34. The lowest BCUT2D eigenvalue weighted by molar-refractivity contribution is -0.0498. The van der Waals surface area contributed by atoms with E-state index in [1.165, 1.54) is 12.1 Å². The minimum atomic E-state index is -2.84. The monoisotopic (exact) mass is 420 g/mol. The number of thiocarbonyl (C=S) groups is 1. The molecule has 154 valence electrons. The third-order valence-electron chi connectivity index (χ3n) is 5.00. The van der Waals surface area contributed by atoms with Crippen LogP contribution in [0.4, 0.5) is 14.5 Å². The van der Waals surface area contributed by atoms with Crippen LogP contribution >= 0.6 is 12.2 Å². The van der Waals surface area contributed by atoms with Crippen LogP contribution in [-0.4, -0.2) is 36.4 Å². The van der Waals surface area contributed by atoms with Gasteiger partial charge in [-0.25, -0.2) is 0 Å². The van der Waals surface area contributed by atoms with Gasteiger partial charge in [-0.1, -0.05) is 6.07 Å². The maximum atomic E-state index is 12.3. The Morgan fingerprint density at radius 3 is 2.59 bits per heavy atom. The Morgan fingerprint density at radius 2 is 1.83 bits per heavy atom. The van der Waals surface area contributed by atoms with E-state index in [0.717, 1.165) is 48.6 Å². The topological polar surface area (TPSA) is 43.0 Å². The molecular weight excluding hydrogens is 398 g/mol. The molecule has 0 saturated carbocycles. The summed E-state index contributed by atoms with van der Waals surface area (Å²) in [6, 6.07) is 12.5. The summed E-state index contributed by atoms with van der Waals surface area (Å²) in [4.78, 5) is 2.15. The number of nitrogens with one attached hydrogen (secondary N) is 1. The highest BCUT2D eigenvalue weighted by atomic mass is 32.1. The van der Waals surface area contributed by atoms with Crippen LogP contribution in [0.15, 0.2) is 42.5 Å². The highest BCUT2D eigenvalue weighted by Gasteiger charge is 2.29. The van der Waals surface area contributed by atoms with Crippen LogP contribution in [0.3, 0.4) is 0 Å². The summed E-state index contributed by atoms with van der Waals surface area (Å²) in [6.45, 7) is -0.680. The molecule has 1 N–H and O–H groups in total. The van der Waals surface area contributed by atoms with Crippen molar-refractivity contribution < 1.29 is 23.0 Å². The van der Waals surface area contributed by atoms with Crippen LogP contribution in [0.1, 0.15) is 30.9 Å². The molecule has 0 aliphatic carbocycles. The summed E-state index contributed by atoms with van der Waals surface area (Å²) in [7, 11) is 0. The third kappa shape index (κ3) is 4.70. The van der Waals surface area contributed by atoms with Crippen LogP contribution in [0, 0.1) is 0 Å². The van der Waals surface area contributed by atoms with Gasteiger partial charge in [0.05, 0.1) is 19.3 Å². The van der Waals surface area contributed by atoms with Gasteiger partial charge in [-0.05, 0) is 67.0 Å². The van der Waals surface area contributed by atoms with Crippen molar-refractivity contribution in [3.05, 3.63) is 48.0 Å². The van der Waals surface area contributed by atoms with Gasteiger partial charge >= 0.3 is 6.61 Å². The highest BCUT2D eigenvalue weighted by Crippen LogP contribution is 2.38. The summed E-state index contributed by atoms with van der Waals surface area (Å²) in [5, 5.41) is 3.79. The molecule has 2 aromatic rings. The molecule has 0 bridgehead atoms. The fourth-order valence-corrected chi connectivity index (χ4v) is 3.99. The second-order valence-corrected chi connectivity index (χ2v) is 7.33. The van der Waals surface area contributed by atoms with Gasteiger partial charge in [0.1, 0.15) is 5.75 Å². The summed E-state index contributed by atoms with van der Waals surface area (Å²) in [5.74, 6) is 1.67. The molecule has 8 heteroatoms. The van der Waals surface area contributed by atoms with E-state index >= 15 is 0 Å². The Bertz CT molecular complexity index is 864. The number of likely N-dealkylation sites (tertiary alicyclic amines) is 1. The Hall–Kier alpha value is -2.61. The van der Waals surface area contributed by atoms with Gasteiger partial charge in [0, 0.05) is 18.7 Å². The van der Waals surface area contributed by atoms with Gasteiger partial charge in [0.2, 0.25) is 0 Å². The maximum Gasteiger partial charge on any atom is 0.387 e. The lowest BCUT2D eigenvalue weighted by atomic mass is 10.0. The van der Waals surface area contributed by atoms with Gasteiger partial charge < -0.3 is 24.4 Å². The fraction of sp³-hybridized carbons (Fsp3) is 0.381. The molecule has 0 radical (unpaired) electrons. The number of rotatable bonds is 4. The van der Waals surface area contributed by atoms with Crippen molar-refractivity contribution >= 4 is 23.0 Å². The van der Waals surface area contributed by atoms with E-state index in [0.29, 0.717) is 18.3 Å². The Balaban J connectivity index is 1.45. The molecule has 0 spiro atoms. The second kappa shape index (κ2) is 8.82. The number of hydrogen-bond acceptors (Lipinski definition) is 4. The van der Waals surface area contributed by atoms with Gasteiger partial charge in [-0.3, -0.25) is 0 Å². The second-order valence-electron chi connectivity index (χ2n) is 6.94. The fourth-order valence-electron chi connectivity index (χ4n) is 3.66. The quantitative estimate of drug-likeness (QED) is 0.704. The molecule has 4 rings (SSSR count). The number of nitrogens with zero attached hydrogens (tertiary/aromatic N) is 1. The van der Waals surface area contributed by atoms with Gasteiger partial charge in [0.15, 0.2) is 16.6 Å². The molecule has 2 aliphatic heterocycles. The zero-order valence-electron chi connectivity index (χ0n) is 15.8. The molecule has 1 fully saturated rings. The summed E-state index contributed by atoms with van der Waals surface area (Å²) in [5.41, 5.74) is 1.86. The van der Waals surface area contributed by atoms with E-state index in [1.54, 1.807) is 12.1 Å². The largest absolute Gasteiger partial charge is 0.490 e. The van der Waals surface area contributed by atoms with E-state index in [-0.39, 0.29) is 11.8 Å². The van der Waals surface area contributed by atoms with Crippen molar-refractivity contribution in [2.24, 2.45) is 0 Å². The summed E-state index contributed by atoms with van der Waals surface area (Å²) < 4.78 is 40.5. The zero-order valence-corrected chi connectivity index (χ0v) is 16.6. The molecule has 1 atom stereocenters. The maximum absolute atomic E-state index is 12.3. The first kappa shape index (κ1) is 19.7. The molecule has 2 aliphatic rings. The highest BCUT2D eigenvalue weighted by molar-refractivity contribution is 7.80. The van der Waals surface area contributed by atoms with E-state index in [9.17, 15) is 8.78 Å². The molecule has 2 aromatic carbocycles. The molecule has 1 saturated heterocycles. The number of ether oxygens (including phenoxy) is 3. The first-order chi connectivity index (χ1) is 14.1. The number of alkyl halides is 2. The van der Waals surface area contributed by atoms with Crippen molar-refractivity contribution in [3.8, 4) is 17.2 Å². The zero-order chi connectivity index (χ0) is 20.2. The number of hydrogen-bond donors (Lipinski definition) is 1. The molecule has 0 unspecified atom stereocenters. The van der Waals surface area contributed by atoms with Crippen LogP contribution in [0.5, 0.6) is 17.2 Å². The van der Waals surface area contributed by atoms with Crippen LogP contribution in [0.2, 0.25) is 0 Å². The van der Waals surface area contributed by atoms with Crippen LogP contribution in [-0.2, 0) is 0 Å². The average molecular weight is 420 g/mol. The first-order valence-corrected chi connectivity index (χ1v) is 10.0. The summed E-state index contributed by atoms with van der Waals surface area (Å²) >= 11 is 5.63. The minimum absolute atomic E-state index is 0.114. The van der Waals surface area contributed by atoms with Crippen molar-refractivity contribution in [1.82, 2.24) is 4.90 Å². The SMILES string of the molecule is FC(F)Oc1ccc(NC(=S)N2CCC[C@@H]2c2ccc3c(c2)OCCCO3)cc1. The van der Waals surface area contributed by atoms with Crippen molar-refractivity contribution in [2.45, 2.75) is 31.9 Å². The molecule has 2 heterocycles. The van der Waals surface area contributed by atoms with E-state index in [2.05, 4.69) is 21.0 Å². The Kier molecular flexibility index (Phi) is 5.99. The van der Waals surface area contributed by atoms with Gasteiger partial charge in [-0.15, -0.1) is 0 Å². The average Bonchev–Trinajstić information content (AvgIpc) is 3.08. The van der Waals surface area contributed by atoms with Crippen LogP contribution in [0.25, 0.3) is 0 Å². The molecular formula is C21H22F2N2O3S. The number of anilines is 1. The number of halogens is 2. The molecule has 29 heavy (non-hydrogen) atoms. The van der Waals surface area contributed by atoms with Crippen LogP contribution < -0.4 is 19.5 Å². The normalized spacial score (nSPS) is 18.4. The Morgan fingerprint density at radius 1 is 1.07 bits per heavy atom. The van der Waals surface area contributed by atoms with Crippen molar-refractivity contribution in [3.63, 3.8) is 0 Å². The standard InChI is InChI=1S/C21H22F2N2O3S/c22-20(23)28-16-7-5-15(6-8-16)24-21(29)25-10-1-3-17(25)14-4-9-18-19(13-14)27-12-2-11-26-18/h4-9,13,17,20H,1-3,10-12H2,(H,24,29)/t17-/m1/s1. The van der Waals surface area contributed by atoms with E-state index < -0.39 is 6.61 Å². The predicted octanol–water partition coefficient (Wildman–Crippen LogP) is 4.98. The predicted molar refractivity (Wildman–Crippen MR) is 110 cm³/mol. The van der Waals surface area contributed by atoms with Gasteiger partial charge in [0.25, 0.3) is 0 Å². The smallest absolute Gasteiger partial charge is 0.387 e. The van der Waals surface area contributed by atoms with Crippen molar-refractivity contribution in [2.75, 3.05) is 25.1 Å². The minimum Gasteiger partial charge on any atom is -0.490 e. The molecule has 5 nitrogen and oxygen atoms in total. The number of fused-ring (bicyclic) bond motifs is 1. The number of benzene rings is 2. The lowest BCUT2D eigenvalue weighted by Crippen LogP contribution is -2.34. The first-order valence-electron chi connectivity index (χ1n) is 9.62. The van der Waals surface area contributed by atoms with E-state index in [4.69, 9.17) is 21.7 Å². The molecule has 0 aromatic heterocycles. The molecule has 0 amide bonds. The van der Waals surface area contributed by atoms with E-state index in [1.807, 2.05) is 12.1 Å². The van der Waals surface area contributed by atoms with Gasteiger partial charge in [-0.2, -0.15) is 8.78 Å². The van der Waals surface area contributed by atoms with Crippen molar-refractivity contribution in [1.29, 1.82) is 0 Å². The lowest BCUT2D eigenvalue weighted by Gasteiger charge is -2.28. The summed E-state index contributed by atoms with van der Waals surface area (Å²) in [6.07, 6.45) is 2.89. The Labute approximate surface area is 173 Å².